The number of hydrogen-bond donors (Lipinski definition) is 1. The highest BCUT2D eigenvalue weighted by molar-refractivity contribution is 7.47. The molecule has 0 spiro atoms. The Balaban J connectivity index is 3.90. The Morgan fingerprint density at radius 2 is 0.720 bits per heavy atom. The highest BCUT2D eigenvalue weighted by Gasteiger charge is 2.27. The Bertz CT molecular complexity index is 1360. The summed E-state index contributed by atoms with van der Waals surface area (Å²) in [7, 11) is 1.49. The van der Waals surface area contributed by atoms with Gasteiger partial charge in [0.1, 0.15) is 19.8 Å². The van der Waals surface area contributed by atoms with Gasteiger partial charge in [0.2, 0.25) is 0 Å². The molecule has 0 saturated heterocycles. The molecule has 0 heterocycles. The van der Waals surface area contributed by atoms with E-state index >= 15 is 0 Å². The van der Waals surface area contributed by atoms with Gasteiger partial charge in [0.15, 0.2) is 6.10 Å². The minimum absolute atomic E-state index is 0.0327. The second-order valence-corrected chi connectivity index (χ2v) is 24.6. The Morgan fingerprint density at radius 1 is 0.413 bits per heavy atom. The van der Waals surface area contributed by atoms with Gasteiger partial charge in [-0.15, -0.1) is 0 Å². The van der Waals surface area contributed by atoms with Gasteiger partial charge in [0.05, 0.1) is 27.7 Å². The van der Waals surface area contributed by atoms with Crippen molar-refractivity contribution in [2.45, 2.75) is 322 Å². The first-order valence-corrected chi connectivity index (χ1v) is 33.7. The Morgan fingerprint density at radius 3 is 1.07 bits per heavy atom. The second kappa shape index (κ2) is 56.9. The first-order chi connectivity index (χ1) is 36.5. The van der Waals surface area contributed by atoms with Crippen LogP contribution in [0.15, 0.2) is 36.5 Å². The number of carbonyl (C=O) groups excluding carboxylic acids is 2. The van der Waals surface area contributed by atoms with Crippen LogP contribution in [0.2, 0.25) is 0 Å². The fourth-order valence-corrected chi connectivity index (χ4v) is 10.1. The number of quaternary nitrogens is 1. The average Bonchev–Trinajstić information content (AvgIpc) is 3.37. The molecule has 75 heavy (non-hydrogen) atoms. The van der Waals surface area contributed by atoms with Crippen molar-refractivity contribution >= 4 is 19.8 Å². The summed E-state index contributed by atoms with van der Waals surface area (Å²) in [5.41, 5.74) is 0. The van der Waals surface area contributed by atoms with Crippen LogP contribution in [-0.4, -0.2) is 74.9 Å². The van der Waals surface area contributed by atoms with E-state index in [1.165, 1.54) is 225 Å². The highest BCUT2D eigenvalue weighted by atomic mass is 31.2. The lowest BCUT2D eigenvalue weighted by molar-refractivity contribution is -0.870. The van der Waals surface area contributed by atoms with Crippen LogP contribution in [0.4, 0.5) is 0 Å². The van der Waals surface area contributed by atoms with Gasteiger partial charge in [0, 0.05) is 12.8 Å². The minimum atomic E-state index is -4.38. The Hall–Kier alpha value is -1.77. The lowest BCUT2D eigenvalue weighted by atomic mass is 10.0. The lowest BCUT2D eigenvalue weighted by Gasteiger charge is -2.24. The van der Waals surface area contributed by atoms with Crippen LogP contribution in [0.25, 0.3) is 0 Å². The van der Waals surface area contributed by atoms with Gasteiger partial charge in [-0.2, -0.15) is 0 Å². The number of phosphoric ester groups is 1. The molecule has 1 N–H and O–H groups in total. The van der Waals surface area contributed by atoms with Gasteiger partial charge < -0.3 is 18.9 Å². The van der Waals surface area contributed by atoms with Crippen molar-refractivity contribution in [1.82, 2.24) is 0 Å². The zero-order chi connectivity index (χ0) is 54.9. The van der Waals surface area contributed by atoms with E-state index < -0.39 is 26.5 Å². The molecule has 2 atom stereocenters. The van der Waals surface area contributed by atoms with Crippen molar-refractivity contribution in [3.05, 3.63) is 36.5 Å². The van der Waals surface area contributed by atoms with Gasteiger partial charge in [-0.25, -0.2) is 4.57 Å². The molecular formula is C65H125NO8P+. The van der Waals surface area contributed by atoms with Crippen LogP contribution in [-0.2, 0) is 32.7 Å². The summed E-state index contributed by atoms with van der Waals surface area (Å²) in [6.45, 7) is 4.44. The maximum absolute atomic E-state index is 12.8. The maximum atomic E-state index is 12.8. The maximum Gasteiger partial charge on any atom is 0.472 e. The van der Waals surface area contributed by atoms with Crippen molar-refractivity contribution in [3.63, 3.8) is 0 Å². The van der Waals surface area contributed by atoms with Gasteiger partial charge in [0.25, 0.3) is 0 Å². The fourth-order valence-electron chi connectivity index (χ4n) is 9.40. The fraction of sp³-hybridized carbons (Fsp3) is 0.877. The Kier molecular flexibility index (Phi) is 55.6. The molecule has 0 saturated carbocycles. The van der Waals surface area contributed by atoms with Gasteiger partial charge in [-0.1, -0.05) is 269 Å². The second-order valence-electron chi connectivity index (χ2n) is 23.1. The minimum Gasteiger partial charge on any atom is -0.462 e. The predicted molar refractivity (Wildman–Crippen MR) is 321 cm³/mol. The summed E-state index contributed by atoms with van der Waals surface area (Å²) in [5, 5.41) is 0. The zero-order valence-electron chi connectivity index (χ0n) is 50.3. The normalized spacial score (nSPS) is 13.4. The number of phosphoric acid groups is 1. The molecule has 9 nitrogen and oxygen atoms in total. The molecule has 442 valence electrons. The highest BCUT2D eigenvalue weighted by Crippen LogP contribution is 2.43. The quantitative estimate of drug-likeness (QED) is 0.0211. The lowest BCUT2D eigenvalue weighted by Crippen LogP contribution is -2.37. The van der Waals surface area contributed by atoms with Crippen molar-refractivity contribution < 1.29 is 42.1 Å². The van der Waals surface area contributed by atoms with E-state index in [0.717, 1.165) is 57.8 Å². The smallest absolute Gasteiger partial charge is 0.462 e. The zero-order valence-corrected chi connectivity index (χ0v) is 51.2. The number of likely N-dealkylation sites (N-methyl/N-ethyl adjacent to an activating group) is 1. The summed E-state index contributed by atoms with van der Waals surface area (Å²) < 4.78 is 34.6. The molecule has 0 fully saturated rings. The number of ether oxygens (including phenoxy) is 2. The molecule has 10 heteroatoms. The molecule has 0 amide bonds. The van der Waals surface area contributed by atoms with Crippen molar-refractivity contribution in [2.75, 3.05) is 47.5 Å². The molecule has 0 aliphatic carbocycles. The van der Waals surface area contributed by atoms with Gasteiger partial charge in [-0.05, 0) is 70.6 Å². The first-order valence-electron chi connectivity index (χ1n) is 32.2. The van der Waals surface area contributed by atoms with Crippen molar-refractivity contribution in [1.29, 1.82) is 0 Å². The van der Waals surface area contributed by atoms with E-state index in [1.54, 1.807) is 0 Å². The summed E-state index contributed by atoms with van der Waals surface area (Å²) in [6.07, 6.45) is 71.1. The molecule has 0 rings (SSSR count). The van der Waals surface area contributed by atoms with Crippen LogP contribution in [0, 0.1) is 0 Å². The number of carbonyl (C=O) groups is 2. The summed E-state index contributed by atoms with van der Waals surface area (Å²) in [6, 6.07) is 0. The molecule has 0 aliphatic heterocycles. The summed E-state index contributed by atoms with van der Waals surface area (Å²) >= 11 is 0. The number of allylic oxidation sites excluding steroid dienone is 6. The van der Waals surface area contributed by atoms with Gasteiger partial charge >= 0.3 is 19.8 Å². The molecule has 2 unspecified atom stereocenters. The van der Waals surface area contributed by atoms with Crippen LogP contribution in [0.1, 0.15) is 316 Å². The van der Waals surface area contributed by atoms with E-state index in [0.29, 0.717) is 17.4 Å². The van der Waals surface area contributed by atoms with Crippen LogP contribution in [0.5, 0.6) is 0 Å². The standard InChI is InChI=1S/C65H124NO8P/c1-6-8-10-12-14-16-18-20-22-23-24-25-26-27-28-29-30-31-32-33-34-35-36-37-38-39-40-41-42-43-44-46-48-50-52-54-56-58-65(68)74-63(62-73-75(69,70)72-60-59-66(3,4)5)61-71-64(67)57-55-53-51-49-47-45-21-19-17-15-13-11-9-7-2/h18-21,23-24,63H,6-17,22,25-62H2,1-5H3/p+1/b20-18-,21-19-,24-23-. The van der Waals surface area contributed by atoms with E-state index in [2.05, 4.69) is 50.3 Å². The SMILES string of the molecule is CCCCCCC/C=C\C/C=C\CCCCCCCCCCCCCCCCCCCCCCCCCCCC(=O)OC(COC(=O)CCCCCCC/C=C\CCCCCCC)COP(=O)(O)OCC[N+](C)(C)C. The van der Waals surface area contributed by atoms with Crippen LogP contribution in [0.3, 0.4) is 0 Å². The van der Waals surface area contributed by atoms with Crippen LogP contribution < -0.4 is 0 Å². The predicted octanol–water partition coefficient (Wildman–Crippen LogP) is 20.3. The molecule has 0 aromatic heterocycles. The molecular weight excluding hydrogens is 954 g/mol. The third-order valence-electron chi connectivity index (χ3n) is 14.4. The van der Waals surface area contributed by atoms with E-state index in [-0.39, 0.29) is 32.0 Å². The van der Waals surface area contributed by atoms with Crippen molar-refractivity contribution in [3.8, 4) is 0 Å². The molecule has 0 aromatic carbocycles. The number of hydrogen-bond acceptors (Lipinski definition) is 7. The van der Waals surface area contributed by atoms with E-state index in [1.807, 2.05) is 21.1 Å². The topological polar surface area (TPSA) is 108 Å². The third-order valence-corrected chi connectivity index (χ3v) is 15.4. The summed E-state index contributed by atoms with van der Waals surface area (Å²) in [5.74, 6) is -0.793. The third kappa shape index (κ3) is 61.3. The summed E-state index contributed by atoms with van der Waals surface area (Å²) in [4.78, 5) is 35.7. The molecule has 0 bridgehead atoms. The first kappa shape index (κ1) is 73.2. The molecule has 0 aromatic rings. The Labute approximate surface area is 465 Å². The van der Waals surface area contributed by atoms with Gasteiger partial charge in [-0.3, -0.25) is 18.6 Å². The number of nitrogens with zero attached hydrogens (tertiary/aromatic N) is 1. The van der Waals surface area contributed by atoms with E-state index in [4.69, 9.17) is 18.5 Å². The number of rotatable bonds is 60. The molecule has 0 radical (unpaired) electrons. The molecule has 0 aliphatic rings. The van der Waals surface area contributed by atoms with Crippen molar-refractivity contribution in [2.24, 2.45) is 0 Å². The number of unbranched alkanes of at least 4 members (excludes halogenated alkanes) is 40. The van der Waals surface area contributed by atoms with Crippen LogP contribution >= 0.6 is 7.82 Å². The monoisotopic (exact) mass is 1080 g/mol. The number of esters is 2. The average molecular weight is 1080 g/mol. The van der Waals surface area contributed by atoms with E-state index in [9.17, 15) is 19.0 Å². The largest absolute Gasteiger partial charge is 0.472 e.